The van der Waals surface area contributed by atoms with Crippen molar-refractivity contribution in [3.63, 3.8) is 0 Å². The van der Waals surface area contributed by atoms with Gasteiger partial charge in [-0.15, -0.1) is 0 Å². The van der Waals surface area contributed by atoms with Crippen molar-refractivity contribution in [3.05, 3.63) is 12.2 Å². The maximum absolute atomic E-state index is 2.34. The first-order valence-electron chi connectivity index (χ1n) is 4.47. The molecule has 0 aromatic rings. The van der Waals surface area contributed by atoms with Gasteiger partial charge in [0.25, 0.3) is 0 Å². The molecule has 1 rings (SSSR count). The minimum absolute atomic E-state index is 0.826. The lowest BCUT2D eigenvalue weighted by molar-refractivity contribution is 0.434. The lowest BCUT2D eigenvalue weighted by Crippen LogP contribution is -2.03. The monoisotopic (exact) mass is 138 g/mol. The van der Waals surface area contributed by atoms with Crippen LogP contribution < -0.4 is 0 Å². The van der Waals surface area contributed by atoms with Gasteiger partial charge in [-0.2, -0.15) is 0 Å². The number of allylic oxidation sites excluding steroid dienone is 2. The molecule has 10 heavy (non-hydrogen) atoms. The maximum atomic E-state index is 2.34. The van der Waals surface area contributed by atoms with Crippen molar-refractivity contribution >= 4 is 0 Å². The topological polar surface area (TPSA) is 0 Å². The molecular formula is C10H18. The van der Waals surface area contributed by atoms with Crippen molar-refractivity contribution < 1.29 is 0 Å². The summed E-state index contributed by atoms with van der Waals surface area (Å²) in [5.41, 5.74) is 0. The van der Waals surface area contributed by atoms with E-state index in [9.17, 15) is 0 Å². The third-order valence-corrected chi connectivity index (χ3v) is 2.64. The van der Waals surface area contributed by atoms with Crippen LogP contribution in [-0.4, -0.2) is 0 Å². The quantitative estimate of drug-likeness (QED) is 0.513. The van der Waals surface area contributed by atoms with Crippen LogP contribution in [-0.2, 0) is 0 Å². The second kappa shape index (κ2) is 3.80. The van der Waals surface area contributed by atoms with E-state index in [1.807, 2.05) is 0 Å². The van der Waals surface area contributed by atoms with Gasteiger partial charge in [-0.1, -0.05) is 31.9 Å². The minimum atomic E-state index is 0.826. The first-order valence-corrected chi connectivity index (χ1v) is 4.47. The zero-order valence-electron chi connectivity index (χ0n) is 7.14. The Kier molecular flexibility index (Phi) is 2.98. The molecule has 0 nitrogen and oxygen atoms in total. The summed E-state index contributed by atoms with van der Waals surface area (Å²) in [6.45, 7) is 4.46. The van der Waals surface area contributed by atoms with Gasteiger partial charge < -0.3 is 0 Å². The SMILES string of the molecule is C/C=C\[C@@H](C)C1CCCC1. The first-order chi connectivity index (χ1) is 4.84. The first kappa shape index (κ1) is 7.84. The lowest BCUT2D eigenvalue weighted by atomic mass is 9.92. The molecule has 0 aromatic heterocycles. The van der Waals surface area contributed by atoms with Crippen molar-refractivity contribution in [1.29, 1.82) is 0 Å². The Morgan fingerprint density at radius 1 is 1.30 bits per heavy atom. The Bertz CT molecular complexity index is 107. The summed E-state index contributed by atoms with van der Waals surface area (Å²) in [7, 11) is 0. The van der Waals surface area contributed by atoms with Crippen molar-refractivity contribution in [2.75, 3.05) is 0 Å². The van der Waals surface area contributed by atoms with Gasteiger partial charge in [0.05, 0.1) is 0 Å². The van der Waals surface area contributed by atoms with Crippen molar-refractivity contribution in [1.82, 2.24) is 0 Å². The molecule has 0 aliphatic heterocycles. The smallest absolute Gasteiger partial charge is 0.0234 e. The second-order valence-corrected chi connectivity index (χ2v) is 3.43. The summed E-state index contributed by atoms with van der Waals surface area (Å²) < 4.78 is 0. The van der Waals surface area contributed by atoms with E-state index in [2.05, 4.69) is 26.0 Å². The zero-order chi connectivity index (χ0) is 7.40. The van der Waals surface area contributed by atoms with Gasteiger partial charge in [0.1, 0.15) is 0 Å². The lowest BCUT2D eigenvalue weighted by Gasteiger charge is -2.13. The number of hydrogen-bond donors (Lipinski definition) is 0. The van der Waals surface area contributed by atoms with Gasteiger partial charge in [-0.05, 0) is 31.6 Å². The van der Waals surface area contributed by atoms with E-state index in [1.54, 1.807) is 0 Å². The maximum Gasteiger partial charge on any atom is -0.0234 e. The van der Waals surface area contributed by atoms with Crippen LogP contribution in [0.2, 0.25) is 0 Å². The zero-order valence-corrected chi connectivity index (χ0v) is 7.14. The predicted molar refractivity (Wildman–Crippen MR) is 45.9 cm³/mol. The van der Waals surface area contributed by atoms with E-state index < -0.39 is 0 Å². The fraction of sp³-hybridized carbons (Fsp3) is 0.800. The standard InChI is InChI=1S/C10H18/c1-3-6-9(2)10-7-4-5-8-10/h3,6,9-10H,4-5,7-8H2,1-2H3/b6-3-/t9-/m1/s1. The molecule has 58 valence electrons. The molecule has 1 fully saturated rings. The Labute approximate surface area is 64.3 Å². The molecule has 1 atom stereocenters. The average Bonchev–Trinajstić information content (AvgIpc) is 2.38. The summed E-state index contributed by atoms with van der Waals surface area (Å²) in [5, 5.41) is 0. The van der Waals surface area contributed by atoms with Crippen molar-refractivity contribution in [3.8, 4) is 0 Å². The summed E-state index contributed by atoms with van der Waals surface area (Å²) >= 11 is 0. The Balaban J connectivity index is 2.32. The highest BCUT2D eigenvalue weighted by molar-refractivity contribution is 4.88. The van der Waals surface area contributed by atoms with E-state index in [0.717, 1.165) is 11.8 Å². The van der Waals surface area contributed by atoms with E-state index in [1.165, 1.54) is 25.7 Å². The van der Waals surface area contributed by atoms with Gasteiger partial charge in [-0.25, -0.2) is 0 Å². The highest BCUT2D eigenvalue weighted by atomic mass is 14.2. The molecule has 1 aliphatic carbocycles. The van der Waals surface area contributed by atoms with Crippen LogP contribution in [0.15, 0.2) is 12.2 Å². The highest BCUT2D eigenvalue weighted by Crippen LogP contribution is 2.31. The average molecular weight is 138 g/mol. The molecule has 0 unspecified atom stereocenters. The van der Waals surface area contributed by atoms with Gasteiger partial charge >= 0.3 is 0 Å². The van der Waals surface area contributed by atoms with Crippen LogP contribution in [0, 0.1) is 11.8 Å². The van der Waals surface area contributed by atoms with Crippen LogP contribution in [0.4, 0.5) is 0 Å². The van der Waals surface area contributed by atoms with E-state index >= 15 is 0 Å². The van der Waals surface area contributed by atoms with Crippen molar-refractivity contribution in [2.45, 2.75) is 39.5 Å². The molecule has 1 saturated carbocycles. The predicted octanol–water partition coefficient (Wildman–Crippen LogP) is 3.39. The van der Waals surface area contributed by atoms with E-state index in [-0.39, 0.29) is 0 Å². The van der Waals surface area contributed by atoms with E-state index in [0.29, 0.717) is 0 Å². The molecule has 0 heterocycles. The molecule has 0 bridgehead atoms. The minimum Gasteiger partial charge on any atom is -0.0914 e. The van der Waals surface area contributed by atoms with Crippen LogP contribution in [0.25, 0.3) is 0 Å². The van der Waals surface area contributed by atoms with Gasteiger partial charge in [0.15, 0.2) is 0 Å². The number of hydrogen-bond acceptors (Lipinski definition) is 0. The van der Waals surface area contributed by atoms with Crippen LogP contribution in [0.5, 0.6) is 0 Å². The normalized spacial score (nSPS) is 24.2. The van der Waals surface area contributed by atoms with Crippen LogP contribution in [0.1, 0.15) is 39.5 Å². The molecule has 0 spiro atoms. The van der Waals surface area contributed by atoms with E-state index in [4.69, 9.17) is 0 Å². The van der Waals surface area contributed by atoms with Crippen LogP contribution >= 0.6 is 0 Å². The summed E-state index contributed by atoms with van der Waals surface area (Å²) in [6, 6.07) is 0. The molecule has 1 aliphatic rings. The fourth-order valence-electron chi connectivity index (χ4n) is 1.94. The Morgan fingerprint density at radius 3 is 2.40 bits per heavy atom. The molecule has 0 amide bonds. The molecule has 0 radical (unpaired) electrons. The Morgan fingerprint density at radius 2 is 1.90 bits per heavy atom. The van der Waals surface area contributed by atoms with Gasteiger partial charge in [0, 0.05) is 0 Å². The third-order valence-electron chi connectivity index (χ3n) is 2.64. The number of rotatable bonds is 2. The largest absolute Gasteiger partial charge is 0.0914 e. The second-order valence-electron chi connectivity index (χ2n) is 3.43. The summed E-state index contributed by atoms with van der Waals surface area (Å²) in [6.07, 6.45) is 10.4. The van der Waals surface area contributed by atoms with Gasteiger partial charge in [0.2, 0.25) is 0 Å². The Hall–Kier alpha value is -0.260. The molecular weight excluding hydrogens is 120 g/mol. The van der Waals surface area contributed by atoms with Crippen LogP contribution in [0.3, 0.4) is 0 Å². The highest BCUT2D eigenvalue weighted by Gasteiger charge is 2.18. The summed E-state index contributed by atoms with van der Waals surface area (Å²) in [5.74, 6) is 1.82. The fourth-order valence-corrected chi connectivity index (χ4v) is 1.94. The summed E-state index contributed by atoms with van der Waals surface area (Å²) in [4.78, 5) is 0. The molecule has 0 heteroatoms. The van der Waals surface area contributed by atoms with Gasteiger partial charge in [-0.3, -0.25) is 0 Å². The third kappa shape index (κ3) is 1.86. The molecule has 0 N–H and O–H groups in total. The molecule has 0 saturated heterocycles. The molecule has 0 aromatic carbocycles. The van der Waals surface area contributed by atoms with Crippen molar-refractivity contribution in [2.24, 2.45) is 11.8 Å².